The standard InChI is InChI=1S/C24H19Cl2N3O2/c1-29(2)24(31)15-8-6-14(7-9-15)12-21(30)16-10-11-19-20(13-16)28-23(27-19)22-17(25)4-3-5-18(22)26/h3-11,13H,12H2,1-2H3,(H,27,28). The minimum Gasteiger partial charge on any atom is -0.345 e. The topological polar surface area (TPSA) is 66.1 Å². The number of amides is 1. The van der Waals surface area contributed by atoms with Crippen molar-refractivity contribution >= 4 is 45.9 Å². The zero-order valence-electron chi connectivity index (χ0n) is 16.9. The third kappa shape index (κ3) is 4.33. The van der Waals surface area contributed by atoms with Crippen molar-refractivity contribution in [2.75, 3.05) is 14.1 Å². The summed E-state index contributed by atoms with van der Waals surface area (Å²) in [6.45, 7) is 0. The lowest BCUT2D eigenvalue weighted by atomic mass is 10.0. The van der Waals surface area contributed by atoms with Crippen LogP contribution in [0.5, 0.6) is 0 Å². The van der Waals surface area contributed by atoms with Gasteiger partial charge in [-0.3, -0.25) is 9.59 Å². The summed E-state index contributed by atoms with van der Waals surface area (Å²) in [5.74, 6) is 0.453. The molecule has 0 fully saturated rings. The average molecular weight is 452 g/mol. The van der Waals surface area contributed by atoms with E-state index >= 15 is 0 Å². The van der Waals surface area contributed by atoms with E-state index in [-0.39, 0.29) is 18.1 Å². The molecule has 0 aliphatic heterocycles. The molecule has 1 heterocycles. The zero-order valence-corrected chi connectivity index (χ0v) is 18.5. The van der Waals surface area contributed by atoms with E-state index < -0.39 is 0 Å². The summed E-state index contributed by atoms with van der Waals surface area (Å²) in [7, 11) is 3.41. The molecular weight excluding hydrogens is 433 g/mol. The Morgan fingerprint density at radius 2 is 1.58 bits per heavy atom. The number of rotatable bonds is 5. The van der Waals surface area contributed by atoms with Crippen LogP contribution >= 0.6 is 23.2 Å². The van der Waals surface area contributed by atoms with Gasteiger partial charge in [0.1, 0.15) is 5.82 Å². The number of hydrogen-bond donors (Lipinski definition) is 1. The Labute approximate surface area is 189 Å². The maximum atomic E-state index is 12.8. The Morgan fingerprint density at radius 1 is 0.935 bits per heavy atom. The van der Waals surface area contributed by atoms with Gasteiger partial charge in [-0.05, 0) is 48.0 Å². The van der Waals surface area contributed by atoms with Crippen molar-refractivity contribution in [2.45, 2.75) is 6.42 Å². The molecular formula is C24H19Cl2N3O2. The molecule has 0 spiro atoms. The normalized spacial score (nSPS) is 11.0. The second kappa shape index (κ2) is 8.53. The van der Waals surface area contributed by atoms with Crippen molar-refractivity contribution in [3.8, 4) is 11.4 Å². The minimum absolute atomic E-state index is 0.0273. The highest BCUT2D eigenvalue weighted by Crippen LogP contribution is 2.34. The molecule has 7 heteroatoms. The second-order valence-electron chi connectivity index (χ2n) is 7.41. The Hall–Kier alpha value is -3.15. The van der Waals surface area contributed by atoms with Crippen LogP contribution in [0.4, 0.5) is 0 Å². The van der Waals surface area contributed by atoms with Crippen molar-refractivity contribution in [1.82, 2.24) is 14.9 Å². The number of imidazole rings is 1. The minimum atomic E-state index is -0.0722. The number of fused-ring (bicyclic) bond motifs is 1. The third-order valence-electron chi connectivity index (χ3n) is 4.98. The van der Waals surface area contributed by atoms with E-state index in [4.69, 9.17) is 23.2 Å². The number of H-pyrrole nitrogens is 1. The Balaban J connectivity index is 1.57. The maximum Gasteiger partial charge on any atom is 0.253 e. The molecule has 1 amide bonds. The van der Waals surface area contributed by atoms with Gasteiger partial charge in [0.2, 0.25) is 0 Å². The molecule has 4 aromatic rings. The lowest BCUT2D eigenvalue weighted by Crippen LogP contribution is -2.21. The summed E-state index contributed by atoms with van der Waals surface area (Å²) in [5.41, 5.74) is 4.07. The van der Waals surface area contributed by atoms with Crippen molar-refractivity contribution in [2.24, 2.45) is 0 Å². The van der Waals surface area contributed by atoms with E-state index in [9.17, 15) is 9.59 Å². The molecule has 0 atom stereocenters. The average Bonchev–Trinajstić information content (AvgIpc) is 3.16. The molecule has 31 heavy (non-hydrogen) atoms. The van der Waals surface area contributed by atoms with Crippen LogP contribution < -0.4 is 0 Å². The van der Waals surface area contributed by atoms with Crippen LogP contribution in [0.2, 0.25) is 10.0 Å². The number of aromatic amines is 1. The quantitative estimate of drug-likeness (QED) is 0.397. The Morgan fingerprint density at radius 3 is 2.23 bits per heavy atom. The number of halogens is 2. The number of aromatic nitrogens is 2. The fourth-order valence-electron chi connectivity index (χ4n) is 3.34. The van der Waals surface area contributed by atoms with Gasteiger partial charge in [0, 0.05) is 31.6 Å². The SMILES string of the molecule is CN(C)C(=O)c1ccc(CC(=O)c2ccc3nc(-c4c(Cl)cccc4Cl)[nH]c3c2)cc1. The summed E-state index contributed by atoms with van der Waals surface area (Å²) < 4.78 is 0. The fourth-order valence-corrected chi connectivity index (χ4v) is 3.91. The first-order valence-corrected chi connectivity index (χ1v) is 10.4. The molecule has 0 saturated carbocycles. The number of nitrogens with one attached hydrogen (secondary N) is 1. The van der Waals surface area contributed by atoms with Crippen LogP contribution in [0, 0.1) is 0 Å². The molecule has 0 bridgehead atoms. The van der Waals surface area contributed by atoms with Gasteiger partial charge >= 0.3 is 0 Å². The summed E-state index contributed by atoms with van der Waals surface area (Å²) in [6, 6.07) is 17.7. The zero-order chi connectivity index (χ0) is 22.1. The van der Waals surface area contributed by atoms with Crippen LogP contribution in [-0.4, -0.2) is 40.7 Å². The highest BCUT2D eigenvalue weighted by Gasteiger charge is 2.15. The first-order valence-electron chi connectivity index (χ1n) is 9.61. The molecule has 3 aromatic carbocycles. The highest BCUT2D eigenvalue weighted by molar-refractivity contribution is 6.39. The van der Waals surface area contributed by atoms with E-state index in [2.05, 4.69) is 9.97 Å². The molecule has 1 N–H and O–H groups in total. The van der Waals surface area contributed by atoms with Gasteiger partial charge in [-0.1, -0.05) is 41.4 Å². The predicted molar refractivity (Wildman–Crippen MR) is 124 cm³/mol. The van der Waals surface area contributed by atoms with Crippen LogP contribution in [0.25, 0.3) is 22.4 Å². The number of carbonyl (C=O) groups excluding carboxylic acids is 2. The number of ketones is 1. The Kier molecular flexibility index (Phi) is 5.81. The molecule has 0 aliphatic rings. The van der Waals surface area contributed by atoms with Crippen molar-refractivity contribution in [3.63, 3.8) is 0 Å². The molecule has 5 nitrogen and oxygen atoms in total. The number of nitrogens with zero attached hydrogens (tertiary/aromatic N) is 2. The van der Waals surface area contributed by atoms with Gasteiger partial charge in [0.25, 0.3) is 5.91 Å². The number of benzene rings is 3. The third-order valence-corrected chi connectivity index (χ3v) is 5.61. The van der Waals surface area contributed by atoms with Gasteiger partial charge in [-0.15, -0.1) is 0 Å². The predicted octanol–water partition coefficient (Wildman–Crippen LogP) is 5.66. The molecule has 1 aromatic heterocycles. The maximum absolute atomic E-state index is 12.8. The number of carbonyl (C=O) groups is 2. The monoisotopic (exact) mass is 451 g/mol. The molecule has 0 radical (unpaired) electrons. The summed E-state index contributed by atoms with van der Waals surface area (Å²) in [6.07, 6.45) is 0.235. The van der Waals surface area contributed by atoms with E-state index in [1.165, 1.54) is 4.90 Å². The lowest BCUT2D eigenvalue weighted by Gasteiger charge is -2.10. The van der Waals surface area contributed by atoms with Crippen molar-refractivity contribution in [1.29, 1.82) is 0 Å². The smallest absolute Gasteiger partial charge is 0.253 e. The van der Waals surface area contributed by atoms with Crippen LogP contribution in [0.15, 0.2) is 60.7 Å². The van der Waals surface area contributed by atoms with Gasteiger partial charge in [0.05, 0.1) is 26.6 Å². The van der Waals surface area contributed by atoms with Crippen molar-refractivity contribution < 1.29 is 9.59 Å². The Bertz CT molecular complexity index is 1270. The van der Waals surface area contributed by atoms with E-state index in [0.717, 1.165) is 11.1 Å². The van der Waals surface area contributed by atoms with Crippen LogP contribution in [-0.2, 0) is 6.42 Å². The highest BCUT2D eigenvalue weighted by atomic mass is 35.5. The first kappa shape index (κ1) is 21.1. The van der Waals surface area contributed by atoms with Crippen molar-refractivity contribution in [3.05, 3.63) is 87.4 Å². The van der Waals surface area contributed by atoms with Gasteiger partial charge < -0.3 is 9.88 Å². The molecule has 0 aliphatic carbocycles. The molecule has 0 saturated heterocycles. The second-order valence-corrected chi connectivity index (χ2v) is 8.22. The largest absolute Gasteiger partial charge is 0.345 e. The summed E-state index contributed by atoms with van der Waals surface area (Å²) >= 11 is 12.6. The van der Waals surface area contributed by atoms with E-state index in [0.29, 0.717) is 38.1 Å². The summed E-state index contributed by atoms with van der Waals surface area (Å²) in [5, 5.41) is 0.998. The summed E-state index contributed by atoms with van der Waals surface area (Å²) in [4.78, 5) is 34.1. The van der Waals surface area contributed by atoms with E-state index in [1.54, 1.807) is 74.8 Å². The van der Waals surface area contributed by atoms with Crippen LogP contribution in [0.3, 0.4) is 0 Å². The fraction of sp³-hybridized carbons (Fsp3) is 0.125. The molecule has 4 rings (SSSR count). The van der Waals surface area contributed by atoms with Crippen LogP contribution in [0.1, 0.15) is 26.3 Å². The molecule has 156 valence electrons. The molecule has 0 unspecified atom stereocenters. The van der Waals surface area contributed by atoms with E-state index in [1.807, 2.05) is 0 Å². The number of hydrogen-bond acceptors (Lipinski definition) is 3. The first-order chi connectivity index (χ1) is 14.8. The lowest BCUT2D eigenvalue weighted by molar-refractivity contribution is 0.0827. The van der Waals surface area contributed by atoms with Gasteiger partial charge in [0.15, 0.2) is 5.78 Å². The van der Waals surface area contributed by atoms with Gasteiger partial charge in [-0.2, -0.15) is 0 Å². The number of Topliss-reactive ketones (excluding diaryl/α,β-unsaturated/α-hetero) is 1. The van der Waals surface area contributed by atoms with Gasteiger partial charge in [-0.25, -0.2) is 4.98 Å².